The molecular formula is C31H38N6O3. The summed E-state index contributed by atoms with van der Waals surface area (Å²) in [6.07, 6.45) is 3.49. The first-order chi connectivity index (χ1) is 18.9. The fourth-order valence-electron chi connectivity index (χ4n) is 6.04. The number of carboxylic acids is 1. The normalized spacial score (nSPS) is 16.8. The number of carbonyl (C=O) groups excluding carboxylic acids is 1. The van der Waals surface area contributed by atoms with Gasteiger partial charge in [-0.15, -0.1) is 0 Å². The number of aromatic nitrogens is 3. The SMILES string of the molecule is Cc1cc(N2CCN(C(=O)c3cnc(NC4Cc5ccccc5C4)c(C(C)C)n3)C(C)(C)C2)nc(C)c1C(=O)O. The number of amides is 1. The summed E-state index contributed by atoms with van der Waals surface area (Å²) in [5, 5.41) is 13.1. The highest BCUT2D eigenvalue weighted by Gasteiger charge is 2.39. The molecule has 1 amide bonds. The summed E-state index contributed by atoms with van der Waals surface area (Å²) in [6.45, 7) is 13.4. The first kappa shape index (κ1) is 27.6. The minimum Gasteiger partial charge on any atom is -0.478 e. The molecule has 0 atom stereocenters. The summed E-state index contributed by atoms with van der Waals surface area (Å²) >= 11 is 0. The van der Waals surface area contributed by atoms with Crippen molar-refractivity contribution in [2.45, 2.75) is 71.9 Å². The van der Waals surface area contributed by atoms with Gasteiger partial charge in [-0.3, -0.25) is 4.79 Å². The maximum atomic E-state index is 13.8. The highest BCUT2D eigenvalue weighted by atomic mass is 16.4. The fourth-order valence-corrected chi connectivity index (χ4v) is 6.04. The van der Waals surface area contributed by atoms with E-state index in [1.165, 1.54) is 11.1 Å². The Balaban J connectivity index is 1.32. The Hall–Kier alpha value is -4.01. The van der Waals surface area contributed by atoms with Crippen molar-refractivity contribution in [2.24, 2.45) is 0 Å². The lowest BCUT2D eigenvalue weighted by Crippen LogP contribution is -2.61. The number of fused-ring (bicyclic) bond motifs is 1. The standard InChI is InChI=1S/C31H38N6O3/c1-18(2)27-28(34-23-14-21-9-7-8-10-22(21)15-23)32-16-24(35-27)29(38)37-12-11-36(17-31(37,5)6)25-13-19(3)26(30(39)40)20(4)33-25/h7-10,13,16,18,23H,11-12,14-15,17H2,1-6H3,(H,32,34)(H,39,40). The third kappa shape index (κ3) is 5.24. The summed E-state index contributed by atoms with van der Waals surface area (Å²) in [5.74, 6) is 0.464. The number of nitrogens with one attached hydrogen (secondary N) is 1. The van der Waals surface area contributed by atoms with Crippen molar-refractivity contribution in [3.05, 3.63) is 75.9 Å². The average molecular weight is 543 g/mol. The van der Waals surface area contributed by atoms with Gasteiger partial charge in [0.1, 0.15) is 17.3 Å². The number of carboxylic acid groups (broad SMARTS) is 1. The van der Waals surface area contributed by atoms with E-state index >= 15 is 0 Å². The largest absolute Gasteiger partial charge is 0.478 e. The third-order valence-electron chi connectivity index (χ3n) is 8.03. The predicted molar refractivity (Wildman–Crippen MR) is 155 cm³/mol. The summed E-state index contributed by atoms with van der Waals surface area (Å²) < 4.78 is 0. The second kappa shape index (κ2) is 10.5. The number of hydrogen-bond acceptors (Lipinski definition) is 7. The predicted octanol–water partition coefficient (Wildman–Crippen LogP) is 4.63. The van der Waals surface area contributed by atoms with E-state index in [-0.39, 0.29) is 23.4 Å². The fraction of sp³-hybridized carbons (Fsp3) is 0.452. The van der Waals surface area contributed by atoms with Crippen LogP contribution in [0.2, 0.25) is 0 Å². The second-order valence-corrected chi connectivity index (χ2v) is 11.9. The number of pyridine rings is 1. The molecule has 1 aliphatic heterocycles. The molecule has 40 heavy (non-hydrogen) atoms. The van der Waals surface area contributed by atoms with E-state index in [1.54, 1.807) is 20.0 Å². The Kier molecular flexibility index (Phi) is 7.25. The number of anilines is 2. The van der Waals surface area contributed by atoms with Crippen molar-refractivity contribution in [2.75, 3.05) is 29.9 Å². The summed E-state index contributed by atoms with van der Waals surface area (Å²) in [7, 11) is 0. The zero-order chi connectivity index (χ0) is 28.8. The van der Waals surface area contributed by atoms with Crippen molar-refractivity contribution < 1.29 is 14.7 Å². The van der Waals surface area contributed by atoms with Crippen LogP contribution in [0.1, 0.15) is 82.5 Å². The zero-order valence-electron chi connectivity index (χ0n) is 24.2. The summed E-state index contributed by atoms with van der Waals surface area (Å²) in [4.78, 5) is 43.5. The van der Waals surface area contributed by atoms with Gasteiger partial charge in [-0.2, -0.15) is 0 Å². The van der Waals surface area contributed by atoms with E-state index in [1.807, 2.05) is 24.8 Å². The van der Waals surface area contributed by atoms with Gasteiger partial charge in [0.2, 0.25) is 0 Å². The molecule has 0 unspecified atom stereocenters. The Bertz CT molecular complexity index is 1420. The Morgan fingerprint density at radius 1 is 1.07 bits per heavy atom. The number of aromatic carboxylic acids is 1. The molecule has 1 saturated heterocycles. The molecule has 5 rings (SSSR count). The summed E-state index contributed by atoms with van der Waals surface area (Å²) in [6, 6.07) is 10.6. The zero-order valence-corrected chi connectivity index (χ0v) is 24.2. The Morgan fingerprint density at radius 3 is 2.33 bits per heavy atom. The van der Waals surface area contributed by atoms with Crippen molar-refractivity contribution in [1.82, 2.24) is 19.9 Å². The summed E-state index contributed by atoms with van der Waals surface area (Å²) in [5.41, 5.74) is 4.79. The highest BCUT2D eigenvalue weighted by molar-refractivity contribution is 5.93. The van der Waals surface area contributed by atoms with E-state index < -0.39 is 11.5 Å². The minimum atomic E-state index is -0.971. The van der Waals surface area contributed by atoms with Gasteiger partial charge in [-0.25, -0.2) is 19.7 Å². The lowest BCUT2D eigenvalue weighted by Gasteiger charge is -2.47. The van der Waals surface area contributed by atoms with E-state index in [0.717, 1.165) is 30.2 Å². The van der Waals surface area contributed by atoms with Gasteiger partial charge >= 0.3 is 5.97 Å². The Morgan fingerprint density at radius 2 is 1.75 bits per heavy atom. The van der Waals surface area contributed by atoms with Crippen molar-refractivity contribution in [3.8, 4) is 0 Å². The molecule has 210 valence electrons. The quantitative estimate of drug-likeness (QED) is 0.464. The average Bonchev–Trinajstić information content (AvgIpc) is 3.29. The molecule has 0 saturated carbocycles. The van der Waals surface area contributed by atoms with Crippen LogP contribution in [0.15, 0.2) is 36.5 Å². The first-order valence-corrected chi connectivity index (χ1v) is 13.9. The lowest BCUT2D eigenvalue weighted by molar-refractivity contribution is 0.0506. The van der Waals surface area contributed by atoms with E-state index in [4.69, 9.17) is 9.97 Å². The molecule has 1 fully saturated rings. The van der Waals surface area contributed by atoms with E-state index in [0.29, 0.717) is 36.6 Å². The number of benzene rings is 1. The van der Waals surface area contributed by atoms with Gasteiger partial charge in [-0.05, 0) is 69.2 Å². The molecule has 1 aliphatic carbocycles. The van der Waals surface area contributed by atoms with Gasteiger partial charge in [0.05, 0.1) is 28.7 Å². The molecule has 2 aromatic heterocycles. The van der Waals surface area contributed by atoms with Gasteiger partial charge in [0, 0.05) is 25.7 Å². The van der Waals surface area contributed by atoms with Crippen LogP contribution in [0.3, 0.4) is 0 Å². The van der Waals surface area contributed by atoms with Gasteiger partial charge in [0.15, 0.2) is 0 Å². The molecule has 2 aliphatic rings. The van der Waals surface area contributed by atoms with E-state index in [9.17, 15) is 14.7 Å². The van der Waals surface area contributed by atoms with Crippen LogP contribution in [0.25, 0.3) is 0 Å². The number of carbonyl (C=O) groups is 2. The number of hydrogen-bond donors (Lipinski definition) is 2. The van der Waals surface area contributed by atoms with E-state index in [2.05, 4.69) is 53.3 Å². The lowest BCUT2D eigenvalue weighted by atomic mass is 9.97. The van der Waals surface area contributed by atoms with Gasteiger partial charge < -0.3 is 20.2 Å². The molecule has 9 nitrogen and oxygen atoms in total. The van der Waals surface area contributed by atoms with Crippen molar-refractivity contribution in [3.63, 3.8) is 0 Å². The molecule has 2 N–H and O–H groups in total. The minimum absolute atomic E-state index is 0.0997. The van der Waals surface area contributed by atoms with Crippen LogP contribution in [-0.4, -0.2) is 68.0 Å². The molecule has 9 heteroatoms. The monoisotopic (exact) mass is 542 g/mol. The topological polar surface area (TPSA) is 112 Å². The van der Waals surface area contributed by atoms with Gasteiger partial charge in [-0.1, -0.05) is 38.1 Å². The van der Waals surface area contributed by atoms with Crippen LogP contribution in [0.5, 0.6) is 0 Å². The van der Waals surface area contributed by atoms with Crippen LogP contribution >= 0.6 is 0 Å². The van der Waals surface area contributed by atoms with Crippen LogP contribution in [0, 0.1) is 13.8 Å². The number of nitrogens with zero attached hydrogens (tertiary/aromatic N) is 5. The highest BCUT2D eigenvalue weighted by Crippen LogP contribution is 2.30. The maximum absolute atomic E-state index is 13.8. The Labute approximate surface area is 235 Å². The number of piperazine rings is 1. The van der Waals surface area contributed by atoms with Crippen LogP contribution in [-0.2, 0) is 12.8 Å². The number of rotatable bonds is 6. The maximum Gasteiger partial charge on any atom is 0.337 e. The molecule has 1 aromatic carbocycles. The molecule has 0 bridgehead atoms. The molecule has 0 spiro atoms. The molecule has 0 radical (unpaired) electrons. The second-order valence-electron chi connectivity index (χ2n) is 11.9. The number of aryl methyl sites for hydroxylation is 2. The van der Waals surface area contributed by atoms with Crippen LogP contribution in [0.4, 0.5) is 11.6 Å². The smallest absolute Gasteiger partial charge is 0.337 e. The van der Waals surface area contributed by atoms with Crippen molar-refractivity contribution >= 4 is 23.5 Å². The first-order valence-electron chi connectivity index (χ1n) is 13.9. The third-order valence-corrected chi connectivity index (χ3v) is 8.03. The van der Waals surface area contributed by atoms with Crippen molar-refractivity contribution in [1.29, 1.82) is 0 Å². The molecular weight excluding hydrogens is 504 g/mol. The van der Waals surface area contributed by atoms with Crippen LogP contribution < -0.4 is 10.2 Å². The van der Waals surface area contributed by atoms with Gasteiger partial charge in [0.25, 0.3) is 5.91 Å². The molecule has 3 aromatic rings. The molecule has 3 heterocycles.